The Kier molecular flexibility index (Phi) is 2.24. The third-order valence-corrected chi connectivity index (χ3v) is 2.82. The number of hydrogen-bond donors (Lipinski definition) is 1. The van der Waals surface area contributed by atoms with Gasteiger partial charge in [-0.1, -0.05) is 11.2 Å². The van der Waals surface area contributed by atoms with E-state index in [9.17, 15) is 8.78 Å². The molecule has 1 unspecified atom stereocenters. The highest BCUT2D eigenvalue weighted by molar-refractivity contribution is 5.32. The molecule has 1 N–H and O–H groups in total. The molecule has 0 bridgehead atoms. The fourth-order valence-corrected chi connectivity index (χ4v) is 2.06. The molecular weight excluding hydrogens is 228 g/mol. The fourth-order valence-electron chi connectivity index (χ4n) is 2.06. The van der Waals surface area contributed by atoms with Gasteiger partial charge in [0.25, 0.3) is 0 Å². The number of aromatic nitrogens is 4. The number of anilines is 1. The van der Waals surface area contributed by atoms with Crippen LogP contribution >= 0.6 is 0 Å². The van der Waals surface area contributed by atoms with Crippen molar-refractivity contribution in [1.82, 2.24) is 20.2 Å². The predicted molar refractivity (Wildman–Crippen MR) is 55.4 cm³/mol. The summed E-state index contributed by atoms with van der Waals surface area (Å²) in [6.07, 6.45) is 0.538. The molecule has 7 heteroatoms. The molecule has 3 rings (SSSR count). The average molecular weight is 237 g/mol. The summed E-state index contributed by atoms with van der Waals surface area (Å²) in [7, 11) is 0. The number of benzene rings is 1. The van der Waals surface area contributed by atoms with Gasteiger partial charge in [-0.15, -0.1) is 0 Å². The van der Waals surface area contributed by atoms with Crippen molar-refractivity contribution in [2.24, 2.45) is 0 Å². The molecule has 17 heavy (non-hydrogen) atoms. The second kappa shape index (κ2) is 3.76. The van der Waals surface area contributed by atoms with Crippen molar-refractivity contribution < 1.29 is 8.78 Å². The minimum absolute atomic E-state index is 0.0163. The maximum Gasteiger partial charge on any atom is 0.243 e. The lowest BCUT2D eigenvalue weighted by Gasteiger charge is -2.24. The molecule has 88 valence electrons. The zero-order valence-electron chi connectivity index (χ0n) is 8.77. The normalized spacial score (nSPS) is 18.6. The van der Waals surface area contributed by atoms with Gasteiger partial charge in [-0.3, -0.25) is 0 Å². The lowest BCUT2D eigenvalue weighted by molar-refractivity contribution is 0.426. The van der Waals surface area contributed by atoms with Gasteiger partial charge in [-0.2, -0.15) is 0 Å². The van der Waals surface area contributed by atoms with E-state index < -0.39 is 17.7 Å². The molecule has 1 aliphatic rings. The van der Waals surface area contributed by atoms with Crippen molar-refractivity contribution in [3.8, 4) is 0 Å². The number of nitrogens with zero attached hydrogens (tertiary/aromatic N) is 4. The van der Waals surface area contributed by atoms with Crippen LogP contribution in [0.2, 0.25) is 0 Å². The molecule has 1 aromatic heterocycles. The van der Waals surface area contributed by atoms with Gasteiger partial charge in [0.2, 0.25) is 5.95 Å². The number of rotatable bonds is 1. The zero-order chi connectivity index (χ0) is 11.8. The Morgan fingerprint density at radius 3 is 2.82 bits per heavy atom. The van der Waals surface area contributed by atoms with Gasteiger partial charge in [0.1, 0.15) is 11.6 Å². The van der Waals surface area contributed by atoms with Crippen LogP contribution in [0.25, 0.3) is 0 Å². The van der Waals surface area contributed by atoms with E-state index in [-0.39, 0.29) is 5.56 Å². The Morgan fingerprint density at radius 2 is 2.06 bits per heavy atom. The minimum atomic E-state index is -0.571. The topological polar surface area (TPSA) is 55.6 Å². The Bertz CT molecular complexity index is 533. The Morgan fingerprint density at radius 1 is 1.29 bits per heavy atom. The van der Waals surface area contributed by atoms with Gasteiger partial charge < -0.3 is 5.32 Å². The molecule has 2 aromatic rings. The van der Waals surface area contributed by atoms with Crippen molar-refractivity contribution >= 4 is 5.95 Å². The van der Waals surface area contributed by atoms with Crippen molar-refractivity contribution in [1.29, 1.82) is 0 Å². The number of nitrogens with one attached hydrogen (secondary N) is 1. The van der Waals surface area contributed by atoms with Crippen LogP contribution < -0.4 is 5.32 Å². The van der Waals surface area contributed by atoms with Crippen LogP contribution in [0.1, 0.15) is 18.0 Å². The number of tetrazole rings is 1. The van der Waals surface area contributed by atoms with Gasteiger partial charge in [-0.05, 0) is 29.0 Å². The fraction of sp³-hybridized carbons (Fsp3) is 0.300. The maximum absolute atomic E-state index is 13.7. The van der Waals surface area contributed by atoms with Crippen molar-refractivity contribution in [3.63, 3.8) is 0 Å². The number of fused-ring (bicyclic) bond motifs is 1. The molecule has 0 saturated carbocycles. The summed E-state index contributed by atoms with van der Waals surface area (Å²) >= 11 is 0. The van der Waals surface area contributed by atoms with Crippen molar-refractivity contribution in [3.05, 3.63) is 35.4 Å². The Balaban J connectivity index is 2.13. The van der Waals surface area contributed by atoms with Crippen LogP contribution in [0, 0.1) is 11.6 Å². The first kappa shape index (κ1) is 10.1. The summed E-state index contributed by atoms with van der Waals surface area (Å²) < 4.78 is 28.8. The number of hydrogen-bond acceptors (Lipinski definition) is 4. The summed E-state index contributed by atoms with van der Waals surface area (Å²) in [6, 6.07) is 3.33. The maximum atomic E-state index is 13.7. The van der Waals surface area contributed by atoms with Crippen LogP contribution in [0.4, 0.5) is 14.7 Å². The molecule has 1 aromatic carbocycles. The summed E-state index contributed by atoms with van der Waals surface area (Å²) in [5.74, 6) is -0.708. The predicted octanol–water partition coefficient (Wildman–Crippen LogP) is 1.36. The first-order valence-electron chi connectivity index (χ1n) is 5.23. The Labute approximate surface area is 95.4 Å². The molecule has 0 radical (unpaired) electrons. The first-order valence-corrected chi connectivity index (χ1v) is 5.23. The molecule has 0 amide bonds. The quantitative estimate of drug-likeness (QED) is 0.813. The number of halogens is 2. The van der Waals surface area contributed by atoms with Gasteiger partial charge in [0.15, 0.2) is 0 Å². The van der Waals surface area contributed by atoms with Crippen molar-refractivity contribution in [2.45, 2.75) is 12.5 Å². The lowest BCUT2D eigenvalue weighted by atomic mass is 10.0. The van der Waals surface area contributed by atoms with Crippen LogP contribution in [-0.4, -0.2) is 26.8 Å². The van der Waals surface area contributed by atoms with Crippen LogP contribution in [0.3, 0.4) is 0 Å². The standard InChI is InChI=1S/C10H9F2N5/c11-6-2-1-3-7(12)9(6)8-4-5-13-10-14-15-16-17(8)10/h1-3,8H,4-5H2,(H,13,14,16). The smallest absolute Gasteiger partial charge is 0.243 e. The van der Waals surface area contributed by atoms with E-state index in [1.54, 1.807) is 0 Å². The molecule has 5 nitrogen and oxygen atoms in total. The molecule has 1 aliphatic heterocycles. The zero-order valence-corrected chi connectivity index (χ0v) is 8.77. The highest BCUT2D eigenvalue weighted by Crippen LogP contribution is 2.30. The van der Waals surface area contributed by atoms with Crippen LogP contribution in [0.5, 0.6) is 0 Å². The van der Waals surface area contributed by atoms with Gasteiger partial charge in [0, 0.05) is 12.1 Å². The van der Waals surface area contributed by atoms with E-state index in [0.29, 0.717) is 18.9 Å². The molecule has 0 spiro atoms. The monoisotopic (exact) mass is 237 g/mol. The van der Waals surface area contributed by atoms with E-state index in [0.717, 1.165) is 0 Å². The molecule has 0 saturated heterocycles. The highest BCUT2D eigenvalue weighted by atomic mass is 19.1. The molecule has 1 atom stereocenters. The first-order chi connectivity index (χ1) is 8.27. The van der Waals surface area contributed by atoms with E-state index in [4.69, 9.17) is 0 Å². The second-order valence-electron chi connectivity index (χ2n) is 3.81. The van der Waals surface area contributed by atoms with E-state index in [2.05, 4.69) is 20.8 Å². The van der Waals surface area contributed by atoms with Gasteiger partial charge in [-0.25, -0.2) is 13.5 Å². The third kappa shape index (κ3) is 1.54. The Hall–Kier alpha value is -2.05. The third-order valence-electron chi connectivity index (χ3n) is 2.82. The van der Waals surface area contributed by atoms with Gasteiger partial charge >= 0.3 is 0 Å². The average Bonchev–Trinajstić information content (AvgIpc) is 2.77. The largest absolute Gasteiger partial charge is 0.353 e. The molecule has 2 heterocycles. The van der Waals surface area contributed by atoms with Crippen LogP contribution in [-0.2, 0) is 0 Å². The second-order valence-corrected chi connectivity index (χ2v) is 3.81. The molecular formula is C10H9F2N5. The molecule has 0 aliphatic carbocycles. The lowest BCUT2D eigenvalue weighted by Crippen LogP contribution is -2.26. The summed E-state index contributed by atoms with van der Waals surface area (Å²) in [5, 5.41) is 14.0. The summed E-state index contributed by atoms with van der Waals surface area (Å²) in [4.78, 5) is 0. The van der Waals surface area contributed by atoms with Crippen LogP contribution in [0.15, 0.2) is 18.2 Å². The minimum Gasteiger partial charge on any atom is -0.353 e. The van der Waals surface area contributed by atoms with Gasteiger partial charge in [0.05, 0.1) is 6.04 Å². The van der Waals surface area contributed by atoms with E-state index in [1.165, 1.54) is 22.9 Å². The van der Waals surface area contributed by atoms with Crippen molar-refractivity contribution in [2.75, 3.05) is 11.9 Å². The van der Waals surface area contributed by atoms with E-state index >= 15 is 0 Å². The highest BCUT2D eigenvalue weighted by Gasteiger charge is 2.28. The summed E-state index contributed by atoms with van der Waals surface area (Å²) in [6.45, 7) is 0.582. The molecule has 0 fully saturated rings. The van der Waals surface area contributed by atoms with E-state index in [1.807, 2.05) is 0 Å². The summed E-state index contributed by atoms with van der Waals surface area (Å²) in [5.41, 5.74) is 0.0163. The SMILES string of the molecule is Fc1cccc(F)c1C1CCNc2nnnn21.